The van der Waals surface area contributed by atoms with Gasteiger partial charge in [-0.2, -0.15) is 0 Å². The van der Waals surface area contributed by atoms with Crippen molar-refractivity contribution in [3.8, 4) is 0 Å². The predicted octanol–water partition coefficient (Wildman–Crippen LogP) is 3.60. The summed E-state index contributed by atoms with van der Waals surface area (Å²) in [5, 5.41) is 0. The van der Waals surface area contributed by atoms with Crippen LogP contribution in [0.5, 0.6) is 0 Å². The number of hydrogen-bond donors (Lipinski definition) is 0. The molecule has 0 bridgehead atoms. The fourth-order valence-corrected chi connectivity index (χ4v) is 1.77. The minimum atomic E-state index is -0.173. The number of rotatable bonds is 1. The number of halogens is 1. The molecule has 0 fully saturated rings. The van der Waals surface area contributed by atoms with Gasteiger partial charge in [0.1, 0.15) is 5.82 Å². The van der Waals surface area contributed by atoms with E-state index in [1.807, 2.05) is 24.3 Å². The zero-order chi connectivity index (χ0) is 10.0. The van der Waals surface area contributed by atoms with Crippen LogP contribution in [0.1, 0.15) is 18.9 Å². The molecule has 1 aliphatic rings. The average Bonchev–Trinajstić information content (AvgIpc) is 2.19. The third-order valence-corrected chi connectivity index (χ3v) is 2.76. The monoisotopic (exact) mass is 188 g/mol. The molecule has 0 N–H and O–H groups in total. The third-order valence-electron chi connectivity index (χ3n) is 2.76. The molecule has 1 aliphatic carbocycles. The van der Waals surface area contributed by atoms with Gasteiger partial charge in [0.05, 0.1) is 0 Å². The lowest BCUT2D eigenvalue weighted by Gasteiger charge is -2.27. The minimum absolute atomic E-state index is 0.0302. The van der Waals surface area contributed by atoms with Crippen LogP contribution in [0.2, 0.25) is 0 Å². The van der Waals surface area contributed by atoms with E-state index in [4.69, 9.17) is 0 Å². The molecule has 1 atom stereocenters. The van der Waals surface area contributed by atoms with Gasteiger partial charge in [-0.3, -0.25) is 0 Å². The van der Waals surface area contributed by atoms with Gasteiger partial charge in [-0.05, 0) is 24.1 Å². The Balaban J connectivity index is 2.34. The molecule has 1 aromatic carbocycles. The zero-order valence-electron chi connectivity index (χ0n) is 8.20. The zero-order valence-corrected chi connectivity index (χ0v) is 8.20. The first-order valence-electron chi connectivity index (χ1n) is 4.81. The second-order valence-electron chi connectivity index (χ2n) is 3.92. The highest BCUT2D eigenvalue weighted by Crippen LogP contribution is 2.31. The summed E-state index contributed by atoms with van der Waals surface area (Å²) in [6.45, 7) is 2.17. The third kappa shape index (κ3) is 1.63. The van der Waals surface area contributed by atoms with Crippen molar-refractivity contribution in [3.05, 3.63) is 60.0 Å². The Hall–Kier alpha value is -1.37. The van der Waals surface area contributed by atoms with Gasteiger partial charge in [0.25, 0.3) is 0 Å². The lowest BCUT2D eigenvalue weighted by Crippen LogP contribution is -2.19. The van der Waals surface area contributed by atoms with Gasteiger partial charge in [0.2, 0.25) is 0 Å². The molecule has 14 heavy (non-hydrogen) atoms. The first kappa shape index (κ1) is 9.20. The summed E-state index contributed by atoms with van der Waals surface area (Å²) in [5.74, 6) is -0.173. The molecular weight excluding hydrogens is 175 g/mol. The van der Waals surface area contributed by atoms with Crippen LogP contribution >= 0.6 is 0 Å². The molecule has 0 saturated carbocycles. The fourth-order valence-electron chi connectivity index (χ4n) is 1.77. The molecule has 0 heterocycles. The maximum atomic E-state index is 12.7. The van der Waals surface area contributed by atoms with Crippen molar-refractivity contribution >= 4 is 0 Å². The van der Waals surface area contributed by atoms with E-state index < -0.39 is 0 Å². The second-order valence-corrected chi connectivity index (χ2v) is 3.92. The van der Waals surface area contributed by atoms with E-state index in [0.717, 1.165) is 6.42 Å². The van der Waals surface area contributed by atoms with Gasteiger partial charge in [-0.15, -0.1) is 0 Å². The summed E-state index contributed by atoms with van der Waals surface area (Å²) in [4.78, 5) is 0. The lowest BCUT2D eigenvalue weighted by molar-refractivity contribution is 0.591. The van der Waals surface area contributed by atoms with E-state index in [2.05, 4.69) is 19.1 Å². The van der Waals surface area contributed by atoms with Crippen molar-refractivity contribution in [2.75, 3.05) is 0 Å². The number of benzene rings is 1. The molecule has 2 rings (SSSR count). The van der Waals surface area contributed by atoms with Gasteiger partial charge in [-0.25, -0.2) is 4.39 Å². The molecule has 0 aliphatic heterocycles. The highest BCUT2D eigenvalue weighted by Gasteiger charge is 2.22. The Labute approximate surface area is 83.8 Å². The topological polar surface area (TPSA) is 0 Å². The Morgan fingerprint density at radius 3 is 2.43 bits per heavy atom. The first-order valence-corrected chi connectivity index (χ1v) is 4.81. The highest BCUT2D eigenvalue weighted by molar-refractivity contribution is 5.34. The Morgan fingerprint density at radius 2 is 1.86 bits per heavy atom. The van der Waals surface area contributed by atoms with Crippen LogP contribution < -0.4 is 0 Å². The summed E-state index contributed by atoms with van der Waals surface area (Å²) in [7, 11) is 0. The van der Waals surface area contributed by atoms with E-state index in [-0.39, 0.29) is 11.2 Å². The van der Waals surface area contributed by atoms with Crippen molar-refractivity contribution < 1.29 is 4.39 Å². The second kappa shape index (κ2) is 3.41. The average molecular weight is 188 g/mol. The molecule has 0 saturated heterocycles. The quantitative estimate of drug-likeness (QED) is 0.631. The molecule has 0 radical (unpaired) electrons. The van der Waals surface area contributed by atoms with Gasteiger partial charge >= 0.3 is 0 Å². The van der Waals surface area contributed by atoms with Crippen LogP contribution in [0.25, 0.3) is 0 Å². The normalized spacial score (nSPS) is 25.3. The summed E-state index contributed by atoms with van der Waals surface area (Å²) >= 11 is 0. The molecule has 0 aromatic heterocycles. The maximum Gasteiger partial charge on any atom is 0.123 e. The van der Waals surface area contributed by atoms with Gasteiger partial charge in [-0.1, -0.05) is 43.4 Å². The molecule has 1 aromatic rings. The molecule has 0 amide bonds. The summed E-state index contributed by atoms with van der Waals surface area (Å²) in [6, 6.07) is 6.76. The van der Waals surface area contributed by atoms with Crippen LogP contribution in [-0.2, 0) is 5.41 Å². The Morgan fingerprint density at radius 1 is 1.14 bits per heavy atom. The van der Waals surface area contributed by atoms with Gasteiger partial charge in [0.15, 0.2) is 0 Å². The number of hydrogen-bond acceptors (Lipinski definition) is 0. The predicted molar refractivity (Wildman–Crippen MR) is 56.6 cm³/mol. The summed E-state index contributed by atoms with van der Waals surface area (Å²) in [6.07, 6.45) is 9.39. The van der Waals surface area contributed by atoms with Crippen molar-refractivity contribution in [1.29, 1.82) is 0 Å². The highest BCUT2D eigenvalue weighted by atomic mass is 19.1. The van der Waals surface area contributed by atoms with Gasteiger partial charge in [0, 0.05) is 5.41 Å². The first-order chi connectivity index (χ1) is 6.71. The van der Waals surface area contributed by atoms with E-state index >= 15 is 0 Å². The summed E-state index contributed by atoms with van der Waals surface area (Å²) in [5.41, 5.74) is 1.20. The number of allylic oxidation sites excluding steroid dienone is 4. The van der Waals surface area contributed by atoms with Crippen molar-refractivity contribution in [3.63, 3.8) is 0 Å². The standard InChI is InChI=1S/C13H13F/c1-13(9-3-2-4-10-13)11-5-7-12(14)8-6-11/h2-9H,10H2,1H3. The van der Waals surface area contributed by atoms with Crippen molar-refractivity contribution in [2.24, 2.45) is 0 Å². The van der Waals surface area contributed by atoms with Crippen molar-refractivity contribution in [2.45, 2.75) is 18.8 Å². The van der Waals surface area contributed by atoms with Crippen LogP contribution in [0.3, 0.4) is 0 Å². The van der Waals surface area contributed by atoms with Crippen LogP contribution in [0, 0.1) is 5.82 Å². The fraction of sp³-hybridized carbons (Fsp3) is 0.231. The molecule has 72 valence electrons. The van der Waals surface area contributed by atoms with Crippen LogP contribution in [-0.4, -0.2) is 0 Å². The smallest absolute Gasteiger partial charge is 0.123 e. The summed E-state index contributed by atoms with van der Waals surface area (Å²) < 4.78 is 12.7. The van der Waals surface area contributed by atoms with Crippen molar-refractivity contribution in [1.82, 2.24) is 0 Å². The Bertz CT molecular complexity index is 373. The minimum Gasteiger partial charge on any atom is -0.207 e. The van der Waals surface area contributed by atoms with E-state index in [9.17, 15) is 4.39 Å². The maximum absolute atomic E-state index is 12.7. The van der Waals surface area contributed by atoms with E-state index in [0.29, 0.717) is 0 Å². The molecule has 0 spiro atoms. The van der Waals surface area contributed by atoms with Crippen LogP contribution in [0.4, 0.5) is 4.39 Å². The van der Waals surface area contributed by atoms with Crippen LogP contribution in [0.15, 0.2) is 48.6 Å². The Kier molecular flexibility index (Phi) is 2.24. The molecule has 1 unspecified atom stereocenters. The molecule has 1 heteroatoms. The van der Waals surface area contributed by atoms with E-state index in [1.54, 1.807) is 0 Å². The SMILES string of the molecule is CC1(c2ccc(F)cc2)C=CC=CC1. The molecular formula is C13H13F. The lowest BCUT2D eigenvalue weighted by atomic mass is 9.77. The van der Waals surface area contributed by atoms with Gasteiger partial charge < -0.3 is 0 Å². The largest absolute Gasteiger partial charge is 0.207 e. The van der Waals surface area contributed by atoms with E-state index in [1.165, 1.54) is 17.7 Å². The molecule has 0 nitrogen and oxygen atoms in total.